The first-order valence-corrected chi connectivity index (χ1v) is 7.43. The van der Waals surface area contributed by atoms with Gasteiger partial charge in [-0.1, -0.05) is 33.6 Å². The van der Waals surface area contributed by atoms with Crippen molar-refractivity contribution in [2.75, 3.05) is 7.11 Å². The molecule has 0 aromatic rings. The van der Waals surface area contributed by atoms with E-state index in [0.29, 0.717) is 0 Å². The van der Waals surface area contributed by atoms with Crippen LogP contribution < -0.4 is 10.2 Å². The Bertz CT molecular complexity index is 349. The van der Waals surface area contributed by atoms with Crippen LogP contribution in [-0.4, -0.2) is 31.1 Å². The zero-order valence-electron chi connectivity index (χ0n) is 12.7. The van der Waals surface area contributed by atoms with Crippen LogP contribution in [0.3, 0.4) is 0 Å². The lowest BCUT2D eigenvalue weighted by atomic mass is 9.86. The highest BCUT2D eigenvalue weighted by molar-refractivity contribution is 6.15. The van der Waals surface area contributed by atoms with Crippen molar-refractivity contribution in [3.63, 3.8) is 0 Å². The molecule has 0 radical (unpaired) electrons. The summed E-state index contributed by atoms with van der Waals surface area (Å²) < 4.78 is 4.77. The van der Waals surface area contributed by atoms with Gasteiger partial charge in [-0.2, -0.15) is 0 Å². The smallest absolute Gasteiger partial charge is 0.328 e. The summed E-state index contributed by atoms with van der Waals surface area (Å²) in [5.74, 6) is -0.450. The lowest BCUT2D eigenvalue weighted by Crippen LogP contribution is -2.55. The molecule has 0 aliphatic heterocycles. The van der Waals surface area contributed by atoms with E-state index in [1.54, 1.807) is 0 Å². The van der Waals surface area contributed by atoms with Crippen LogP contribution in [0.2, 0.25) is 0 Å². The van der Waals surface area contributed by atoms with Crippen LogP contribution in [0.1, 0.15) is 46.5 Å². The summed E-state index contributed by atoms with van der Waals surface area (Å²) in [5, 5.41) is 2.78. The molecule has 0 saturated heterocycles. The first-order valence-electron chi connectivity index (χ1n) is 7.05. The summed E-state index contributed by atoms with van der Waals surface area (Å²) >= 11 is 5.73. The summed E-state index contributed by atoms with van der Waals surface area (Å²) in [5.41, 5.74) is -0.421. The maximum atomic E-state index is 12.4. The highest BCUT2D eigenvalue weighted by atomic mass is 35.5. The van der Waals surface area contributed by atoms with E-state index in [4.69, 9.17) is 16.5 Å². The molecule has 0 unspecified atom stereocenters. The first-order chi connectivity index (χ1) is 9.31. The Morgan fingerprint density at radius 1 is 1.25 bits per heavy atom. The van der Waals surface area contributed by atoms with Crippen molar-refractivity contribution < 1.29 is 14.3 Å². The fourth-order valence-electron chi connectivity index (χ4n) is 2.62. The standard InChI is InChI=1S/C14H25ClN2O3/c1-14(2,3)11(13(19)20-4)16-12(18)10(17-15)9-7-5-6-8-9/h9-11,17H,5-8H2,1-4H3,(H,16,18)/t10-,11+/m0/s1. The Kier molecular flexibility index (Phi) is 6.27. The molecule has 1 aliphatic carbocycles. The SMILES string of the molecule is COC(=O)[C@@H](NC(=O)[C@@H](NCl)C1CCCC1)C(C)(C)C. The molecule has 0 heterocycles. The molecule has 0 bridgehead atoms. The molecule has 0 aromatic heterocycles. The van der Waals surface area contributed by atoms with Crippen LogP contribution in [0.4, 0.5) is 0 Å². The van der Waals surface area contributed by atoms with Gasteiger partial charge in [-0.25, -0.2) is 9.63 Å². The summed E-state index contributed by atoms with van der Waals surface area (Å²) in [6, 6.07) is -1.15. The van der Waals surface area contributed by atoms with E-state index >= 15 is 0 Å². The molecule has 2 N–H and O–H groups in total. The molecule has 1 amide bonds. The van der Waals surface area contributed by atoms with Crippen molar-refractivity contribution in [1.82, 2.24) is 10.2 Å². The normalized spacial score (nSPS) is 19.4. The lowest BCUT2D eigenvalue weighted by Gasteiger charge is -2.31. The van der Waals surface area contributed by atoms with Gasteiger partial charge in [0.05, 0.1) is 7.11 Å². The van der Waals surface area contributed by atoms with Gasteiger partial charge in [0.2, 0.25) is 5.91 Å². The molecule has 2 atom stereocenters. The van der Waals surface area contributed by atoms with Crippen LogP contribution >= 0.6 is 11.8 Å². The number of esters is 1. The van der Waals surface area contributed by atoms with Crippen molar-refractivity contribution in [1.29, 1.82) is 0 Å². The third kappa shape index (κ3) is 4.35. The van der Waals surface area contributed by atoms with Gasteiger partial charge in [0.25, 0.3) is 0 Å². The summed E-state index contributed by atoms with van der Waals surface area (Å²) in [6.45, 7) is 5.65. The predicted molar refractivity (Wildman–Crippen MR) is 78.1 cm³/mol. The van der Waals surface area contributed by atoms with Gasteiger partial charge in [-0.3, -0.25) is 4.79 Å². The topological polar surface area (TPSA) is 67.4 Å². The van der Waals surface area contributed by atoms with E-state index in [2.05, 4.69) is 10.2 Å². The minimum absolute atomic E-state index is 0.228. The molecule has 1 fully saturated rings. The number of amides is 1. The number of ether oxygens (including phenoxy) is 1. The second-order valence-corrected chi connectivity index (χ2v) is 6.68. The average Bonchev–Trinajstić information content (AvgIpc) is 2.88. The Morgan fingerprint density at radius 3 is 2.20 bits per heavy atom. The minimum atomic E-state index is -0.686. The monoisotopic (exact) mass is 304 g/mol. The van der Waals surface area contributed by atoms with Gasteiger partial charge in [-0.15, -0.1) is 0 Å². The highest BCUT2D eigenvalue weighted by Crippen LogP contribution is 2.28. The summed E-state index contributed by atoms with van der Waals surface area (Å²) in [4.78, 5) is 26.8. The summed E-state index contributed by atoms with van der Waals surface area (Å²) in [6.07, 6.45) is 4.20. The number of nitrogens with one attached hydrogen (secondary N) is 2. The molecule has 6 heteroatoms. The average molecular weight is 305 g/mol. The Labute approximate surface area is 125 Å². The molecular formula is C14H25ClN2O3. The fourth-order valence-corrected chi connectivity index (χ4v) is 2.90. The van der Waals surface area contributed by atoms with Crippen molar-refractivity contribution in [3.8, 4) is 0 Å². The maximum absolute atomic E-state index is 12.4. The molecule has 5 nitrogen and oxygen atoms in total. The van der Waals surface area contributed by atoms with E-state index in [1.165, 1.54) is 7.11 Å². The van der Waals surface area contributed by atoms with Gasteiger partial charge < -0.3 is 10.1 Å². The number of rotatable bonds is 5. The van der Waals surface area contributed by atoms with Gasteiger partial charge in [0.15, 0.2) is 0 Å². The zero-order valence-corrected chi connectivity index (χ0v) is 13.4. The number of halogens is 1. The van der Waals surface area contributed by atoms with Gasteiger partial charge >= 0.3 is 5.97 Å². The van der Waals surface area contributed by atoms with Crippen LogP contribution in [0.5, 0.6) is 0 Å². The second-order valence-electron chi connectivity index (χ2n) is 6.46. The van der Waals surface area contributed by atoms with E-state index < -0.39 is 23.5 Å². The number of carbonyl (C=O) groups excluding carboxylic acids is 2. The number of methoxy groups -OCH3 is 1. The van der Waals surface area contributed by atoms with Gasteiger partial charge in [0, 0.05) is 0 Å². The molecule has 1 aliphatic rings. The maximum Gasteiger partial charge on any atom is 0.328 e. The minimum Gasteiger partial charge on any atom is -0.467 e. The quantitative estimate of drug-likeness (QED) is 0.602. The van der Waals surface area contributed by atoms with Crippen molar-refractivity contribution in [2.24, 2.45) is 11.3 Å². The molecule has 0 spiro atoms. The Morgan fingerprint density at radius 2 is 1.80 bits per heavy atom. The van der Waals surface area contributed by atoms with Crippen LogP contribution in [0.15, 0.2) is 0 Å². The van der Waals surface area contributed by atoms with Crippen LogP contribution in [-0.2, 0) is 14.3 Å². The molecule has 20 heavy (non-hydrogen) atoms. The highest BCUT2D eigenvalue weighted by Gasteiger charge is 2.37. The number of hydrogen-bond acceptors (Lipinski definition) is 4. The second kappa shape index (κ2) is 7.27. The molecule has 1 saturated carbocycles. The molecule has 0 aromatic carbocycles. The van der Waals surface area contributed by atoms with E-state index in [0.717, 1.165) is 25.7 Å². The van der Waals surface area contributed by atoms with Crippen molar-refractivity contribution in [3.05, 3.63) is 0 Å². The van der Waals surface area contributed by atoms with Crippen molar-refractivity contribution in [2.45, 2.75) is 58.5 Å². The largest absolute Gasteiger partial charge is 0.467 e. The Hall–Kier alpha value is -0.810. The van der Waals surface area contributed by atoms with Gasteiger partial charge in [0.1, 0.15) is 12.1 Å². The molecular weight excluding hydrogens is 280 g/mol. The number of carbonyl (C=O) groups is 2. The lowest BCUT2D eigenvalue weighted by molar-refractivity contribution is -0.148. The predicted octanol–water partition coefficient (Wildman–Crippen LogP) is 1.99. The van der Waals surface area contributed by atoms with E-state index in [-0.39, 0.29) is 11.8 Å². The zero-order chi connectivity index (χ0) is 15.3. The molecule has 1 rings (SSSR count). The van der Waals surface area contributed by atoms with E-state index in [9.17, 15) is 9.59 Å². The first kappa shape index (κ1) is 17.2. The van der Waals surface area contributed by atoms with Crippen LogP contribution in [0, 0.1) is 11.3 Å². The third-order valence-corrected chi connectivity index (χ3v) is 4.10. The van der Waals surface area contributed by atoms with Crippen molar-refractivity contribution >= 4 is 23.7 Å². The van der Waals surface area contributed by atoms with E-state index in [1.807, 2.05) is 20.8 Å². The summed E-state index contributed by atoms with van der Waals surface area (Å²) in [7, 11) is 1.32. The fraction of sp³-hybridized carbons (Fsp3) is 0.857. The molecule has 116 valence electrons. The number of hydrogen-bond donors (Lipinski definition) is 2. The van der Waals surface area contributed by atoms with Crippen LogP contribution in [0.25, 0.3) is 0 Å². The third-order valence-electron chi connectivity index (χ3n) is 3.86. The van der Waals surface area contributed by atoms with Gasteiger partial charge in [-0.05, 0) is 36.0 Å². The Balaban J connectivity index is 2.75.